The number of nitrogens with zero attached hydrogens (tertiary/aromatic N) is 1. The van der Waals surface area contributed by atoms with Crippen LogP contribution >= 0.6 is 0 Å². The third-order valence-corrected chi connectivity index (χ3v) is 6.67. The van der Waals surface area contributed by atoms with Crippen LogP contribution in [-0.4, -0.2) is 73.6 Å². The Hall–Kier alpha value is -4.95. The standard InChI is InChI=1S/C26H32N6O9/c27-26-31-21-16(23(38)32-26)11-14(12-28-21)2-1-13-3-5-15(6-4-13)22(37)29-17(7-9-19(33)34)24(39)30-18(25(40)41)8-10-20(35)36/h3-6,14,17-18H,1-2,7-12H2,(H,29,37)(H,30,39)(H,33,34)(H,35,36)(H,40,41)(H4,27,28,31,32,38)/t14?,17-,18-/m1/s1. The molecule has 0 saturated heterocycles. The highest BCUT2D eigenvalue weighted by Crippen LogP contribution is 2.23. The van der Waals surface area contributed by atoms with Gasteiger partial charge < -0.3 is 37.0 Å². The molecule has 41 heavy (non-hydrogen) atoms. The smallest absolute Gasteiger partial charge is 0.326 e. The van der Waals surface area contributed by atoms with Crippen LogP contribution in [0.2, 0.25) is 0 Å². The van der Waals surface area contributed by atoms with Crippen molar-refractivity contribution >= 4 is 41.5 Å². The fourth-order valence-corrected chi connectivity index (χ4v) is 4.43. The topological polar surface area (TPSA) is 254 Å². The minimum absolute atomic E-state index is 0.0536. The fourth-order valence-electron chi connectivity index (χ4n) is 4.43. The number of H-pyrrole nitrogens is 1. The molecule has 2 aromatic rings. The second-order valence-electron chi connectivity index (χ2n) is 9.76. The van der Waals surface area contributed by atoms with Gasteiger partial charge in [-0.05, 0) is 55.7 Å². The van der Waals surface area contributed by atoms with E-state index in [2.05, 4.69) is 25.9 Å². The number of carboxylic acids is 3. The summed E-state index contributed by atoms with van der Waals surface area (Å²) in [7, 11) is 0. The van der Waals surface area contributed by atoms with Gasteiger partial charge in [-0.1, -0.05) is 12.1 Å². The summed E-state index contributed by atoms with van der Waals surface area (Å²) in [5.41, 5.74) is 7.00. The van der Waals surface area contributed by atoms with E-state index in [4.69, 9.17) is 15.9 Å². The van der Waals surface area contributed by atoms with Gasteiger partial charge in [0.05, 0.1) is 5.56 Å². The SMILES string of the molecule is Nc1nc2c(c(=O)[nH]1)CC(CCc1ccc(C(=O)N[C@H](CCC(=O)O)C(=O)N[C@H](CCC(=O)O)C(=O)O)cc1)CN2. The van der Waals surface area contributed by atoms with Crippen molar-refractivity contribution in [2.45, 2.75) is 57.0 Å². The van der Waals surface area contributed by atoms with Crippen molar-refractivity contribution in [1.82, 2.24) is 20.6 Å². The van der Waals surface area contributed by atoms with E-state index in [-0.39, 0.29) is 35.8 Å². The Labute approximate surface area is 233 Å². The van der Waals surface area contributed by atoms with Crippen molar-refractivity contribution in [1.29, 1.82) is 0 Å². The van der Waals surface area contributed by atoms with Crippen molar-refractivity contribution in [2.75, 3.05) is 17.6 Å². The van der Waals surface area contributed by atoms with Crippen LogP contribution in [0.25, 0.3) is 0 Å². The third kappa shape index (κ3) is 9.05. The Kier molecular flexibility index (Phi) is 10.4. The molecular weight excluding hydrogens is 540 g/mol. The van der Waals surface area contributed by atoms with E-state index in [9.17, 15) is 33.9 Å². The summed E-state index contributed by atoms with van der Waals surface area (Å²) in [5.74, 6) is -4.81. The van der Waals surface area contributed by atoms with Gasteiger partial charge in [-0.15, -0.1) is 0 Å². The van der Waals surface area contributed by atoms with Crippen molar-refractivity contribution in [2.24, 2.45) is 5.92 Å². The Bertz CT molecular complexity index is 1360. The lowest BCUT2D eigenvalue weighted by Crippen LogP contribution is -2.51. The molecule has 1 aromatic heterocycles. The lowest BCUT2D eigenvalue weighted by Gasteiger charge is -2.24. The Morgan fingerprint density at radius 1 is 0.976 bits per heavy atom. The molecule has 15 nitrogen and oxygen atoms in total. The molecule has 9 N–H and O–H groups in total. The molecule has 0 fully saturated rings. The number of fused-ring (bicyclic) bond motifs is 1. The number of rotatable bonds is 14. The van der Waals surface area contributed by atoms with E-state index in [0.717, 1.165) is 12.0 Å². The summed E-state index contributed by atoms with van der Waals surface area (Å²) in [6.07, 6.45) is 0.296. The monoisotopic (exact) mass is 572 g/mol. The van der Waals surface area contributed by atoms with Gasteiger partial charge in [-0.3, -0.25) is 29.0 Å². The van der Waals surface area contributed by atoms with E-state index in [0.29, 0.717) is 30.8 Å². The number of anilines is 2. The molecule has 2 amide bonds. The number of carboxylic acid groups (broad SMARTS) is 3. The van der Waals surface area contributed by atoms with Crippen molar-refractivity contribution in [3.05, 3.63) is 51.3 Å². The maximum atomic E-state index is 12.8. The molecule has 15 heteroatoms. The number of aromatic nitrogens is 2. The fraction of sp³-hybridized carbons (Fsp3) is 0.423. The van der Waals surface area contributed by atoms with Crippen LogP contribution in [0, 0.1) is 5.92 Å². The second-order valence-corrected chi connectivity index (χ2v) is 9.76. The first-order chi connectivity index (χ1) is 19.4. The van der Waals surface area contributed by atoms with E-state index in [1.54, 1.807) is 24.3 Å². The van der Waals surface area contributed by atoms with E-state index in [1.807, 2.05) is 0 Å². The highest BCUT2D eigenvalue weighted by Gasteiger charge is 2.28. The lowest BCUT2D eigenvalue weighted by molar-refractivity contribution is -0.143. The number of hydrogen-bond acceptors (Lipinski definition) is 9. The molecule has 0 spiro atoms. The van der Waals surface area contributed by atoms with E-state index in [1.165, 1.54) is 0 Å². The number of nitrogens with two attached hydrogens (primary N) is 1. The highest BCUT2D eigenvalue weighted by molar-refractivity contribution is 5.98. The molecule has 3 rings (SSSR count). The quantitative estimate of drug-likeness (QED) is 0.148. The van der Waals surface area contributed by atoms with Crippen LogP contribution in [0.5, 0.6) is 0 Å². The Morgan fingerprint density at radius 2 is 1.61 bits per heavy atom. The number of benzene rings is 1. The largest absolute Gasteiger partial charge is 0.481 e. The van der Waals surface area contributed by atoms with Crippen molar-refractivity contribution in [3.63, 3.8) is 0 Å². The maximum absolute atomic E-state index is 12.8. The minimum Gasteiger partial charge on any atom is -0.481 e. The van der Waals surface area contributed by atoms with Gasteiger partial charge in [-0.2, -0.15) is 4.98 Å². The number of aryl methyl sites for hydroxylation is 1. The molecule has 0 aliphatic carbocycles. The molecule has 3 atom stereocenters. The summed E-state index contributed by atoms with van der Waals surface area (Å²) >= 11 is 0. The zero-order valence-corrected chi connectivity index (χ0v) is 22.0. The average molecular weight is 573 g/mol. The minimum atomic E-state index is -1.53. The highest BCUT2D eigenvalue weighted by atomic mass is 16.4. The Balaban J connectivity index is 1.59. The number of hydrogen-bond donors (Lipinski definition) is 8. The zero-order valence-electron chi connectivity index (χ0n) is 22.0. The number of nitrogen functional groups attached to an aromatic ring is 1. The summed E-state index contributed by atoms with van der Waals surface area (Å²) in [6.45, 7) is 0.627. The number of carbonyl (C=O) groups is 5. The Morgan fingerprint density at radius 3 is 2.22 bits per heavy atom. The number of aliphatic carboxylic acids is 3. The predicted octanol–water partition coefficient (Wildman–Crippen LogP) is -0.0335. The van der Waals surface area contributed by atoms with Gasteiger partial charge >= 0.3 is 17.9 Å². The van der Waals surface area contributed by atoms with Gasteiger partial charge in [0.2, 0.25) is 11.9 Å². The van der Waals surface area contributed by atoms with Crippen LogP contribution in [0.15, 0.2) is 29.1 Å². The van der Waals surface area contributed by atoms with Crippen LogP contribution in [0.4, 0.5) is 11.8 Å². The molecule has 1 aromatic carbocycles. The van der Waals surface area contributed by atoms with Crippen molar-refractivity contribution in [3.8, 4) is 0 Å². The molecule has 220 valence electrons. The number of amides is 2. The van der Waals surface area contributed by atoms with Gasteiger partial charge in [0.1, 0.15) is 17.9 Å². The maximum Gasteiger partial charge on any atom is 0.326 e. The third-order valence-electron chi connectivity index (χ3n) is 6.67. The van der Waals surface area contributed by atoms with E-state index >= 15 is 0 Å². The average Bonchev–Trinajstić information content (AvgIpc) is 2.91. The second kappa shape index (κ2) is 13.9. The first kappa shape index (κ1) is 30.6. The molecule has 0 saturated carbocycles. The molecule has 2 heterocycles. The van der Waals surface area contributed by atoms with Crippen LogP contribution in [0.1, 0.15) is 53.6 Å². The molecular formula is C26H32N6O9. The zero-order chi connectivity index (χ0) is 30.1. The van der Waals surface area contributed by atoms with Crippen LogP contribution in [-0.2, 0) is 32.0 Å². The van der Waals surface area contributed by atoms with Gasteiger partial charge in [0, 0.05) is 24.9 Å². The van der Waals surface area contributed by atoms with E-state index < -0.39 is 54.6 Å². The first-order valence-corrected chi connectivity index (χ1v) is 12.9. The predicted molar refractivity (Wildman–Crippen MR) is 144 cm³/mol. The van der Waals surface area contributed by atoms with Crippen molar-refractivity contribution < 1.29 is 39.3 Å². The molecule has 1 unspecified atom stereocenters. The van der Waals surface area contributed by atoms with Crippen LogP contribution in [0.3, 0.4) is 0 Å². The normalized spacial score (nSPS) is 15.5. The van der Waals surface area contributed by atoms with Gasteiger partial charge in [-0.25, -0.2) is 4.79 Å². The molecule has 0 bridgehead atoms. The summed E-state index contributed by atoms with van der Waals surface area (Å²) in [4.78, 5) is 77.6. The number of carbonyl (C=O) groups excluding carboxylic acids is 2. The molecule has 1 aliphatic heterocycles. The lowest BCUT2D eigenvalue weighted by atomic mass is 9.91. The molecule has 0 radical (unpaired) electrons. The first-order valence-electron chi connectivity index (χ1n) is 12.9. The van der Waals surface area contributed by atoms with Gasteiger partial charge in [0.25, 0.3) is 11.5 Å². The summed E-state index contributed by atoms with van der Waals surface area (Å²) < 4.78 is 0. The number of nitrogens with one attached hydrogen (secondary N) is 4. The summed E-state index contributed by atoms with van der Waals surface area (Å²) in [6, 6.07) is 3.70. The molecule has 1 aliphatic rings. The number of aromatic amines is 1. The summed E-state index contributed by atoms with van der Waals surface area (Å²) in [5, 5.41) is 34.9. The van der Waals surface area contributed by atoms with Gasteiger partial charge in [0.15, 0.2) is 0 Å². The van der Waals surface area contributed by atoms with Crippen LogP contribution < -0.4 is 27.2 Å².